The molecule has 2 nitrogen and oxygen atoms in total. The third-order valence-corrected chi connectivity index (χ3v) is 3.81. The second-order valence-electron chi connectivity index (χ2n) is 3.84. The molecule has 0 aliphatic heterocycles. The van der Waals surface area contributed by atoms with Crippen LogP contribution in [0, 0.1) is 0 Å². The number of hydrogen-bond donors (Lipinski definition) is 1. The first-order valence-electron chi connectivity index (χ1n) is 5.42. The highest BCUT2D eigenvalue weighted by molar-refractivity contribution is 9.11. The van der Waals surface area contributed by atoms with Crippen molar-refractivity contribution in [1.29, 1.82) is 0 Å². The molecule has 0 amide bonds. The zero-order valence-corrected chi connectivity index (χ0v) is 12.6. The van der Waals surface area contributed by atoms with E-state index in [1.165, 1.54) is 0 Å². The average molecular weight is 359 g/mol. The summed E-state index contributed by atoms with van der Waals surface area (Å²) in [5, 5.41) is 0. The van der Waals surface area contributed by atoms with Gasteiger partial charge in [-0.3, -0.25) is 0 Å². The van der Waals surface area contributed by atoms with E-state index < -0.39 is 0 Å². The fourth-order valence-corrected chi connectivity index (χ4v) is 2.39. The molecule has 4 heteroatoms. The van der Waals surface area contributed by atoms with E-state index in [1.807, 2.05) is 37.3 Å². The summed E-state index contributed by atoms with van der Waals surface area (Å²) in [6.45, 7) is 2.04. The fraction of sp³-hybridized carbons (Fsp3) is 0.231. The Hall–Kier alpha value is -0.580. The van der Waals surface area contributed by atoms with E-state index in [0.717, 1.165) is 32.5 Å². The molecule has 1 unspecified atom stereocenters. The van der Waals surface area contributed by atoms with Crippen molar-refractivity contribution >= 4 is 31.9 Å². The minimum absolute atomic E-state index is 0.0327. The maximum atomic E-state index is 5.94. The molecule has 0 radical (unpaired) electrons. The lowest BCUT2D eigenvalue weighted by Crippen LogP contribution is -2.06. The third kappa shape index (κ3) is 2.81. The molecule has 17 heavy (non-hydrogen) atoms. The zero-order valence-electron chi connectivity index (χ0n) is 9.41. The van der Waals surface area contributed by atoms with Gasteiger partial charge in [0.05, 0.1) is 6.04 Å². The van der Waals surface area contributed by atoms with E-state index in [1.54, 1.807) is 0 Å². The van der Waals surface area contributed by atoms with E-state index in [2.05, 4.69) is 31.9 Å². The lowest BCUT2D eigenvalue weighted by Gasteiger charge is -2.05. The highest BCUT2D eigenvalue weighted by Crippen LogP contribution is 2.33. The topological polar surface area (TPSA) is 39.2 Å². The monoisotopic (exact) mass is 357 g/mol. The van der Waals surface area contributed by atoms with Crippen LogP contribution >= 0.6 is 31.9 Å². The zero-order chi connectivity index (χ0) is 12.4. The Morgan fingerprint density at radius 3 is 2.71 bits per heavy atom. The van der Waals surface area contributed by atoms with Gasteiger partial charge < -0.3 is 10.2 Å². The lowest BCUT2D eigenvalue weighted by molar-refractivity contribution is 0.470. The number of halogens is 2. The van der Waals surface area contributed by atoms with Crippen molar-refractivity contribution < 1.29 is 4.42 Å². The quantitative estimate of drug-likeness (QED) is 0.848. The van der Waals surface area contributed by atoms with Crippen LogP contribution in [0.25, 0.3) is 11.3 Å². The molecule has 2 N–H and O–H groups in total. The van der Waals surface area contributed by atoms with E-state index in [0.29, 0.717) is 0 Å². The maximum absolute atomic E-state index is 5.94. The minimum atomic E-state index is -0.0327. The highest BCUT2D eigenvalue weighted by atomic mass is 79.9. The van der Waals surface area contributed by atoms with Crippen molar-refractivity contribution in [2.45, 2.75) is 19.4 Å². The normalized spacial score (nSPS) is 12.7. The molecule has 0 aliphatic carbocycles. The van der Waals surface area contributed by atoms with Crippen LogP contribution in [0.15, 0.2) is 43.7 Å². The summed E-state index contributed by atoms with van der Waals surface area (Å²) in [7, 11) is 0. The Kier molecular flexibility index (Phi) is 4.07. The summed E-state index contributed by atoms with van der Waals surface area (Å²) in [6, 6.07) is 9.85. The molecule has 1 aromatic carbocycles. The van der Waals surface area contributed by atoms with Crippen LogP contribution in [-0.4, -0.2) is 0 Å². The summed E-state index contributed by atoms with van der Waals surface area (Å²) in [4.78, 5) is 0. The van der Waals surface area contributed by atoms with Gasteiger partial charge in [-0.15, -0.1) is 0 Å². The Morgan fingerprint density at radius 2 is 2.00 bits per heavy atom. The summed E-state index contributed by atoms with van der Waals surface area (Å²) >= 11 is 6.97. The molecule has 0 saturated carbocycles. The average Bonchev–Trinajstić information content (AvgIpc) is 2.80. The van der Waals surface area contributed by atoms with Crippen LogP contribution in [-0.2, 0) is 0 Å². The fourth-order valence-electron chi connectivity index (χ4n) is 1.58. The smallest absolute Gasteiger partial charge is 0.135 e. The molecule has 1 aromatic heterocycles. The number of furan rings is 1. The number of hydrogen-bond acceptors (Lipinski definition) is 2. The van der Waals surface area contributed by atoms with Crippen molar-refractivity contribution in [3.05, 3.63) is 45.0 Å². The predicted molar refractivity (Wildman–Crippen MR) is 76.8 cm³/mol. The lowest BCUT2D eigenvalue weighted by atomic mass is 10.2. The first-order chi connectivity index (χ1) is 8.11. The van der Waals surface area contributed by atoms with Gasteiger partial charge >= 0.3 is 0 Å². The van der Waals surface area contributed by atoms with E-state index in [4.69, 9.17) is 10.2 Å². The molecule has 2 rings (SSSR count). The van der Waals surface area contributed by atoms with Crippen molar-refractivity contribution in [3.63, 3.8) is 0 Å². The van der Waals surface area contributed by atoms with Gasteiger partial charge in [-0.05, 0) is 36.8 Å². The van der Waals surface area contributed by atoms with Crippen LogP contribution in [0.4, 0.5) is 0 Å². The van der Waals surface area contributed by atoms with E-state index in [9.17, 15) is 0 Å². The highest BCUT2D eigenvalue weighted by Gasteiger charge is 2.12. The molecule has 2 aromatic rings. The molecular weight excluding hydrogens is 346 g/mol. The predicted octanol–water partition coefficient (Wildman–Crippen LogP) is 4.88. The third-order valence-electron chi connectivity index (χ3n) is 2.63. The Balaban J connectivity index is 2.40. The molecule has 1 atom stereocenters. The van der Waals surface area contributed by atoms with Crippen LogP contribution in [0.1, 0.15) is 25.1 Å². The van der Waals surface area contributed by atoms with Gasteiger partial charge in [0.15, 0.2) is 0 Å². The summed E-state index contributed by atoms with van der Waals surface area (Å²) in [5.41, 5.74) is 6.96. The van der Waals surface area contributed by atoms with Crippen molar-refractivity contribution in [1.82, 2.24) is 0 Å². The molecule has 0 bridgehead atoms. The van der Waals surface area contributed by atoms with E-state index >= 15 is 0 Å². The standard InChI is InChI=1S/C13H13Br2NO/c1-2-11(16)13-6-5-12(17-13)9-7-8(14)3-4-10(9)15/h3-7,11H,2,16H2,1H3. The Bertz CT molecular complexity index is 522. The summed E-state index contributed by atoms with van der Waals surface area (Å²) in [6.07, 6.45) is 0.868. The number of rotatable bonds is 3. The van der Waals surface area contributed by atoms with Crippen LogP contribution < -0.4 is 5.73 Å². The van der Waals surface area contributed by atoms with Gasteiger partial charge in [0.2, 0.25) is 0 Å². The first kappa shape index (κ1) is 12.9. The SMILES string of the molecule is CCC(N)c1ccc(-c2cc(Br)ccc2Br)o1. The number of benzene rings is 1. The molecule has 0 fully saturated rings. The molecule has 0 aliphatic rings. The molecule has 90 valence electrons. The van der Waals surface area contributed by atoms with Crippen LogP contribution in [0.3, 0.4) is 0 Å². The summed E-state index contributed by atoms with van der Waals surface area (Å²) in [5.74, 6) is 1.66. The maximum Gasteiger partial charge on any atom is 0.135 e. The van der Waals surface area contributed by atoms with Gasteiger partial charge in [0.25, 0.3) is 0 Å². The van der Waals surface area contributed by atoms with Crippen LogP contribution in [0.2, 0.25) is 0 Å². The Labute approximate surface area is 117 Å². The van der Waals surface area contributed by atoms with Crippen molar-refractivity contribution in [3.8, 4) is 11.3 Å². The molecule has 0 saturated heterocycles. The van der Waals surface area contributed by atoms with Crippen molar-refractivity contribution in [2.75, 3.05) is 0 Å². The molecular formula is C13H13Br2NO. The Morgan fingerprint density at radius 1 is 1.24 bits per heavy atom. The van der Waals surface area contributed by atoms with Crippen molar-refractivity contribution in [2.24, 2.45) is 5.73 Å². The second-order valence-corrected chi connectivity index (χ2v) is 5.61. The van der Waals surface area contributed by atoms with E-state index in [-0.39, 0.29) is 6.04 Å². The van der Waals surface area contributed by atoms with Gasteiger partial charge in [0.1, 0.15) is 11.5 Å². The second kappa shape index (κ2) is 5.38. The molecule has 0 spiro atoms. The largest absolute Gasteiger partial charge is 0.459 e. The van der Waals surface area contributed by atoms with Crippen LogP contribution in [0.5, 0.6) is 0 Å². The van der Waals surface area contributed by atoms with Gasteiger partial charge in [-0.1, -0.05) is 38.8 Å². The van der Waals surface area contributed by atoms with Gasteiger partial charge in [-0.25, -0.2) is 0 Å². The van der Waals surface area contributed by atoms with Gasteiger partial charge in [-0.2, -0.15) is 0 Å². The van der Waals surface area contributed by atoms with Gasteiger partial charge in [0, 0.05) is 14.5 Å². The minimum Gasteiger partial charge on any atom is -0.459 e. The first-order valence-corrected chi connectivity index (χ1v) is 7.01. The molecule has 1 heterocycles. The number of nitrogens with two attached hydrogens (primary N) is 1. The summed E-state index contributed by atoms with van der Waals surface area (Å²) < 4.78 is 7.81.